The average Bonchev–Trinajstić information content (AvgIpc) is 2.73. The number of rotatable bonds is 9. The SMILES string of the molecule is CC(C)CN(C)Cc1ccc2c(c1)OCCC2NC(=O)CC(N=S(=O)=O)c1ccccc1. The lowest BCUT2D eigenvalue weighted by molar-refractivity contribution is -0.122. The second kappa shape index (κ2) is 11.2. The second-order valence-electron chi connectivity index (χ2n) is 8.67. The van der Waals surface area contributed by atoms with Crippen molar-refractivity contribution < 1.29 is 17.9 Å². The third-order valence-electron chi connectivity index (χ3n) is 5.36. The van der Waals surface area contributed by atoms with Crippen LogP contribution in [0.4, 0.5) is 0 Å². The lowest BCUT2D eigenvalue weighted by atomic mass is 9.97. The molecule has 0 radical (unpaired) electrons. The fourth-order valence-corrected chi connectivity index (χ4v) is 4.51. The highest BCUT2D eigenvalue weighted by Gasteiger charge is 2.25. The van der Waals surface area contributed by atoms with Gasteiger partial charge in [-0.2, -0.15) is 12.8 Å². The second-order valence-corrected chi connectivity index (χ2v) is 9.32. The van der Waals surface area contributed by atoms with Crippen molar-refractivity contribution in [2.24, 2.45) is 10.3 Å². The molecule has 8 heteroatoms. The average molecular weight is 458 g/mol. The molecule has 1 N–H and O–H groups in total. The van der Waals surface area contributed by atoms with E-state index in [4.69, 9.17) is 4.74 Å². The lowest BCUT2D eigenvalue weighted by Gasteiger charge is -2.28. The molecule has 7 nitrogen and oxygen atoms in total. The van der Waals surface area contributed by atoms with Crippen molar-refractivity contribution in [1.82, 2.24) is 10.2 Å². The number of carbonyl (C=O) groups is 1. The van der Waals surface area contributed by atoms with Crippen LogP contribution in [0.1, 0.15) is 55.5 Å². The summed E-state index contributed by atoms with van der Waals surface area (Å²) in [5, 5.41) is 3.04. The van der Waals surface area contributed by atoms with Crippen LogP contribution in [-0.2, 0) is 21.8 Å². The van der Waals surface area contributed by atoms with Crippen LogP contribution in [0.5, 0.6) is 5.75 Å². The Bertz CT molecular complexity index is 1050. The molecule has 0 saturated heterocycles. The summed E-state index contributed by atoms with van der Waals surface area (Å²) < 4.78 is 31.9. The first-order valence-corrected chi connectivity index (χ1v) is 11.9. The fourth-order valence-electron chi connectivity index (χ4n) is 4.11. The quantitative estimate of drug-likeness (QED) is 0.617. The zero-order chi connectivity index (χ0) is 23.1. The third-order valence-corrected chi connectivity index (χ3v) is 5.79. The highest BCUT2D eigenvalue weighted by atomic mass is 32.2. The van der Waals surface area contributed by atoms with Gasteiger partial charge in [-0.25, -0.2) is 0 Å². The van der Waals surface area contributed by atoms with Gasteiger partial charge in [-0.05, 0) is 30.2 Å². The zero-order valence-electron chi connectivity index (χ0n) is 18.8. The zero-order valence-corrected chi connectivity index (χ0v) is 19.6. The maximum atomic E-state index is 12.8. The van der Waals surface area contributed by atoms with Gasteiger partial charge in [-0.15, -0.1) is 0 Å². The largest absolute Gasteiger partial charge is 0.493 e. The number of fused-ring (bicyclic) bond motifs is 1. The van der Waals surface area contributed by atoms with E-state index in [1.807, 2.05) is 18.2 Å². The van der Waals surface area contributed by atoms with Crippen LogP contribution < -0.4 is 10.1 Å². The molecule has 1 heterocycles. The molecule has 0 saturated carbocycles. The molecule has 172 valence electrons. The van der Waals surface area contributed by atoms with Crippen LogP contribution in [0.15, 0.2) is 52.9 Å². The Labute approximate surface area is 191 Å². The van der Waals surface area contributed by atoms with Gasteiger partial charge in [0.1, 0.15) is 11.8 Å². The van der Waals surface area contributed by atoms with Gasteiger partial charge < -0.3 is 15.0 Å². The summed E-state index contributed by atoms with van der Waals surface area (Å²) in [4.78, 5) is 15.1. The van der Waals surface area contributed by atoms with Crippen LogP contribution in [-0.4, -0.2) is 39.4 Å². The molecule has 2 unspecified atom stereocenters. The molecule has 32 heavy (non-hydrogen) atoms. The van der Waals surface area contributed by atoms with Crippen LogP contribution in [0.3, 0.4) is 0 Å². The van der Waals surface area contributed by atoms with Crippen LogP contribution in [0, 0.1) is 5.92 Å². The van der Waals surface area contributed by atoms with E-state index < -0.39 is 16.5 Å². The predicted molar refractivity (Wildman–Crippen MR) is 124 cm³/mol. The number of hydrogen-bond acceptors (Lipinski definition) is 6. The summed E-state index contributed by atoms with van der Waals surface area (Å²) >= 11 is 0. The number of benzene rings is 2. The predicted octanol–water partition coefficient (Wildman–Crippen LogP) is 3.91. The number of amides is 1. The first-order chi connectivity index (χ1) is 15.3. The van der Waals surface area contributed by atoms with Crippen LogP contribution >= 0.6 is 0 Å². The molecule has 1 amide bonds. The Balaban J connectivity index is 1.69. The molecule has 3 rings (SSSR count). The molecule has 0 aromatic heterocycles. The van der Waals surface area contributed by atoms with Crippen molar-refractivity contribution in [2.45, 2.75) is 45.3 Å². The molecule has 0 aliphatic carbocycles. The Morgan fingerprint density at radius 2 is 1.97 bits per heavy atom. The van der Waals surface area contributed by atoms with Crippen molar-refractivity contribution >= 4 is 16.4 Å². The van der Waals surface area contributed by atoms with E-state index in [1.165, 1.54) is 5.56 Å². The molecule has 2 aromatic rings. The molecule has 2 atom stereocenters. The first-order valence-electron chi connectivity index (χ1n) is 10.9. The summed E-state index contributed by atoms with van der Waals surface area (Å²) in [6.45, 7) is 6.76. The van der Waals surface area contributed by atoms with Gasteiger partial charge in [-0.1, -0.05) is 56.3 Å². The van der Waals surface area contributed by atoms with Gasteiger partial charge >= 0.3 is 10.5 Å². The van der Waals surface area contributed by atoms with Crippen molar-refractivity contribution in [3.05, 3.63) is 65.2 Å². The molecular weight excluding hydrogens is 426 g/mol. The number of hydrogen-bond donors (Lipinski definition) is 1. The van der Waals surface area contributed by atoms with Crippen molar-refractivity contribution in [2.75, 3.05) is 20.2 Å². The van der Waals surface area contributed by atoms with E-state index in [0.29, 0.717) is 24.5 Å². The summed E-state index contributed by atoms with van der Waals surface area (Å²) in [5.41, 5.74) is 2.80. The molecule has 1 aliphatic rings. The standard InChI is InChI=1S/C24H31N3O4S/c1-17(2)15-27(3)16-18-9-10-20-21(11-12-31-23(20)13-18)25-24(28)14-22(26-32(29)30)19-7-5-4-6-8-19/h4-10,13,17,21-22H,11-12,14-16H2,1-3H3,(H,25,28). The summed E-state index contributed by atoms with van der Waals surface area (Å²) in [6, 6.07) is 14.2. The van der Waals surface area contributed by atoms with E-state index in [0.717, 1.165) is 24.4 Å². The van der Waals surface area contributed by atoms with Gasteiger partial charge in [0, 0.05) is 25.1 Å². The molecular formula is C24H31N3O4S. The maximum absolute atomic E-state index is 12.8. The summed E-state index contributed by atoms with van der Waals surface area (Å²) in [7, 11) is -0.493. The van der Waals surface area contributed by atoms with E-state index in [2.05, 4.69) is 41.5 Å². The molecule has 2 aromatic carbocycles. The van der Waals surface area contributed by atoms with Crippen molar-refractivity contribution in [3.8, 4) is 5.75 Å². The number of nitrogens with one attached hydrogen (secondary N) is 1. The monoisotopic (exact) mass is 457 g/mol. The van der Waals surface area contributed by atoms with E-state index in [9.17, 15) is 13.2 Å². The Hall–Kier alpha value is -2.71. The van der Waals surface area contributed by atoms with Crippen LogP contribution in [0.2, 0.25) is 0 Å². The van der Waals surface area contributed by atoms with E-state index >= 15 is 0 Å². The molecule has 0 bridgehead atoms. The van der Waals surface area contributed by atoms with Gasteiger partial charge in [0.25, 0.3) is 0 Å². The van der Waals surface area contributed by atoms with E-state index in [-0.39, 0.29) is 18.4 Å². The molecule has 1 aliphatic heterocycles. The fraction of sp³-hybridized carbons (Fsp3) is 0.458. The maximum Gasteiger partial charge on any atom is 0.311 e. The number of ether oxygens (including phenoxy) is 1. The van der Waals surface area contributed by atoms with Crippen LogP contribution in [0.25, 0.3) is 0 Å². The van der Waals surface area contributed by atoms with Gasteiger partial charge in [0.2, 0.25) is 5.91 Å². The number of carbonyl (C=O) groups excluding carboxylic acids is 1. The molecule has 0 fully saturated rings. The summed E-state index contributed by atoms with van der Waals surface area (Å²) in [6.07, 6.45) is 0.620. The molecule has 0 spiro atoms. The lowest BCUT2D eigenvalue weighted by Crippen LogP contribution is -2.33. The Morgan fingerprint density at radius 3 is 2.66 bits per heavy atom. The highest BCUT2D eigenvalue weighted by molar-refractivity contribution is 7.61. The van der Waals surface area contributed by atoms with Gasteiger partial charge in [0.15, 0.2) is 0 Å². The van der Waals surface area contributed by atoms with Gasteiger partial charge in [0.05, 0.1) is 19.1 Å². The van der Waals surface area contributed by atoms with Crippen molar-refractivity contribution in [3.63, 3.8) is 0 Å². The number of nitrogens with zero attached hydrogens (tertiary/aromatic N) is 2. The smallest absolute Gasteiger partial charge is 0.311 e. The third kappa shape index (κ3) is 6.90. The minimum atomic E-state index is -2.60. The normalized spacial score (nSPS) is 16.2. The Morgan fingerprint density at radius 1 is 1.22 bits per heavy atom. The van der Waals surface area contributed by atoms with E-state index in [1.54, 1.807) is 24.3 Å². The topological polar surface area (TPSA) is 88.1 Å². The summed E-state index contributed by atoms with van der Waals surface area (Å²) in [5.74, 6) is 1.15. The Kier molecular flexibility index (Phi) is 8.41. The van der Waals surface area contributed by atoms with Crippen molar-refractivity contribution in [1.29, 1.82) is 0 Å². The van der Waals surface area contributed by atoms with Gasteiger partial charge in [-0.3, -0.25) is 4.79 Å². The minimum Gasteiger partial charge on any atom is -0.493 e. The highest BCUT2D eigenvalue weighted by Crippen LogP contribution is 2.33. The minimum absolute atomic E-state index is 0.0389. The first kappa shape index (κ1) is 23.9.